The van der Waals surface area contributed by atoms with Gasteiger partial charge in [-0.1, -0.05) is 11.6 Å². The summed E-state index contributed by atoms with van der Waals surface area (Å²) >= 11 is 0. The highest BCUT2D eigenvalue weighted by atomic mass is 14.5. The van der Waals surface area contributed by atoms with Crippen LogP contribution in [0.4, 0.5) is 0 Å². The van der Waals surface area contributed by atoms with Crippen molar-refractivity contribution in [3.8, 4) is 0 Å². The summed E-state index contributed by atoms with van der Waals surface area (Å²) in [6, 6.07) is 0. The molecule has 8 heavy (non-hydrogen) atoms. The summed E-state index contributed by atoms with van der Waals surface area (Å²) in [6.07, 6.45) is 3.89. The first kappa shape index (κ1) is 7.28. The van der Waals surface area contributed by atoms with Gasteiger partial charge < -0.3 is 5.73 Å². The summed E-state index contributed by atoms with van der Waals surface area (Å²) in [5.74, 6) is 0. The fourth-order valence-corrected chi connectivity index (χ4v) is 0.298. The molecule has 46 valence electrons. The molecule has 0 bridgehead atoms. The van der Waals surface area contributed by atoms with Gasteiger partial charge in [-0.05, 0) is 26.8 Å². The quantitative estimate of drug-likeness (QED) is 0.513. The molecule has 0 aliphatic rings. The summed E-state index contributed by atoms with van der Waals surface area (Å²) in [5.41, 5.74) is 7.48. The topological polar surface area (TPSA) is 26.0 Å². The Bertz CT molecular complexity index is 96.3. The molecule has 0 aromatic carbocycles. The van der Waals surface area contributed by atoms with Crippen LogP contribution in [0.5, 0.6) is 0 Å². The third-order valence-corrected chi connectivity index (χ3v) is 0.680. The van der Waals surface area contributed by atoms with Gasteiger partial charge in [0, 0.05) is 5.70 Å². The lowest BCUT2D eigenvalue weighted by Gasteiger charge is -1.84. The van der Waals surface area contributed by atoms with Crippen LogP contribution in [0.2, 0.25) is 0 Å². The molecule has 1 nitrogen and oxygen atoms in total. The van der Waals surface area contributed by atoms with Gasteiger partial charge in [0.15, 0.2) is 0 Å². The Balaban J connectivity index is 3.76. The molecular weight excluding hydrogens is 98.1 g/mol. The minimum absolute atomic E-state index is 0.853. The molecule has 0 aliphatic heterocycles. The molecule has 0 amide bonds. The summed E-state index contributed by atoms with van der Waals surface area (Å²) in [7, 11) is 0. The zero-order valence-corrected chi connectivity index (χ0v) is 5.73. The van der Waals surface area contributed by atoms with Gasteiger partial charge in [0.2, 0.25) is 0 Å². The van der Waals surface area contributed by atoms with Crippen LogP contribution in [0.1, 0.15) is 20.8 Å². The second-order valence-corrected chi connectivity index (χ2v) is 2.15. The Hall–Kier alpha value is -0.720. The van der Waals surface area contributed by atoms with Crippen molar-refractivity contribution in [3.63, 3.8) is 0 Å². The van der Waals surface area contributed by atoms with Crippen molar-refractivity contribution >= 4 is 0 Å². The summed E-state index contributed by atoms with van der Waals surface area (Å²) in [4.78, 5) is 0. The molecule has 0 fully saturated rings. The minimum atomic E-state index is 0.853. The summed E-state index contributed by atoms with van der Waals surface area (Å²) < 4.78 is 0. The molecule has 0 radical (unpaired) electrons. The van der Waals surface area contributed by atoms with E-state index >= 15 is 0 Å². The predicted molar refractivity (Wildman–Crippen MR) is 37.4 cm³/mol. The molecule has 0 saturated carbocycles. The van der Waals surface area contributed by atoms with Crippen molar-refractivity contribution < 1.29 is 0 Å². The van der Waals surface area contributed by atoms with E-state index in [-0.39, 0.29) is 0 Å². The molecular formula is C7H13N. The van der Waals surface area contributed by atoms with Crippen molar-refractivity contribution in [2.24, 2.45) is 5.73 Å². The molecule has 0 aromatic heterocycles. The first-order valence-electron chi connectivity index (χ1n) is 2.70. The van der Waals surface area contributed by atoms with Crippen molar-refractivity contribution in [1.29, 1.82) is 0 Å². The number of hydrogen-bond donors (Lipinski definition) is 1. The Morgan fingerprint density at radius 3 is 1.75 bits per heavy atom. The van der Waals surface area contributed by atoms with Crippen LogP contribution in [-0.2, 0) is 0 Å². The van der Waals surface area contributed by atoms with Gasteiger partial charge in [0.05, 0.1) is 0 Å². The maximum atomic E-state index is 5.36. The highest BCUT2D eigenvalue weighted by molar-refractivity contribution is 5.11. The van der Waals surface area contributed by atoms with Crippen molar-refractivity contribution in [2.75, 3.05) is 0 Å². The maximum absolute atomic E-state index is 5.36. The highest BCUT2D eigenvalue weighted by Gasteiger charge is 1.72. The zero-order valence-electron chi connectivity index (χ0n) is 5.73. The van der Waals surface area contributed by atoms with E-state index in [9.17, 15) is 0 Å². The first-order chi connectivity index (χ1) is 3.63. The fraction of sp³-hybridized carbons (Fsp3) is 0.429. The summed E-state index contributed by atoms with van der Waals surface area (Å²) in [6.45, 7) is 5.96. The first-order valence-corrected chi connectivity index (χ1v) is 2.70. The molecule has 0 unspecified atom stereocenters. The van der Waals surface area contributed by atoms with Crippen LogP contribution in [0, 0.1) is 0 Å². The molecule has 0 heterocycles. The van der Waals surface area contributed by atoms with Crippen molar-refractivity contribution in [2.45, 2.75) is 20.8 Å². The largest absolute Gasteiger partial charge is 0.402 e. The second-order valence-electron chi connectivity index (χ2n) is 2.15. The second kappa shape index (κ2) is 3.30. The molecule has 1 heteroatoms. The normalized spacial score (nSPS) is 11.1. The minimum Gasteiger partial charge on any atom is -0.402 e. The number of rotatable bonds is 1. The number of hydrogen-bond acceptors (Lipinski definition) is 1. The lowest BCUT2D eigenvalue weighted by Crippen LogP contribution is -1.87. The standard InChI is InChI=1S/C7H13N/c1-6(2)4-5-7(3)8/h4-5H,8H2,1-3H3/b7-5-. The van der Waals surface area contributed by atoms with Crippen molar-refractivity contribution in [3.05, 3.63) is 23.4 Å². The van der Waals surface area contributed by atoms with Gasteiger partial charge in [-0.25, -0.2) is 0 Å². The zero-order chi connectivity index (χ0) is 6.57. The van der Waals surface area contributed by atoms with Gasteiger partial charge in [-0.2, -0.15) is 0 Å². The summed E-state index contributed by atoms with van der Waals surface area (Å²) in [5, 5.41) is 0. The lowest BCUT2D eigenvalue weighted by atomic mass is 10.3. The predicted octanol–water partition coefficient (Wildman–Crippen LogP) is 1.82. The molecule has 0 spiro atoms. The van der Waals surface area contributed by atoms with Crippen LogP contribution in [0.25, 0.3) is 0 Å². The van der Waals surface area contributed by atoms with E-state index in [2.05, 4.69) is 0 Å². The number of allylic oxidation sites excluding steroid dienone is 4. The Morgan fingerprint density at radius 1 is 1.12 bits per heavy atom. The van der Waals surface area contributed by atoms with Crippen LogP contribution < -0.4 is 5.73 Å². The average Bonchev–Trinajstić information content (AvgIpc) is 1.61. The van der Waals surface area contributed by atoms with Gasteiger partial charge in [0.1, 0.15) is 0 Å². The molecule has 2 N–H and O–H groups in total. The highest BCUT2D eigenvalue weighted by Crippen LogP contribution is 1.89. The van der Waals surface area contributed by atoms with E-state index in [1.807, 2.05) is 32.9 Å². The van der Waals surface area contributed by atoms with Crippen LogP contribution in [0.15, 0.2) is 23.4 Å². The van der Waals surface area contributed by atoms with E-state index in [1.54, 1.807) is 0 Å². The van der Waals surface area contributed by atoms with Gasteiger partial charge in [0.25, 0.3) is 0 Å². The van der Waals surface area contributed by atoms with Gasteiger partial charge in [-0.3, -0.25) is 0 Å². The third-order valence-electron chi connectivity index (χ3n) is 0.680. The van der Waals surface area contributed by atoms with Crippen LogP contribution >= 0.6 is 0 Å². The van der Waals surface area contributed by atoms with E-state index < -0.39 is 0 Å². The molecule has 0 aliphatic carbocycles. The van der Waals surface area contributed by atoms with Crippen LogP contribution in [0.3, 0.4) is 0 Å². The molecule has 0 atom stereocenters. The van der Waals surface area contributed by atoms with E-state index in [0.29, 0.717) is 0 Å². The van der Waals surface area contributed by atoms with E-state index in [4.69, 9.17) is 5.73 Å². The Labute approximate surface area is 50.9 Å². The molecule has 0 aromatic rings. The van der Waals surface area contributed by atoms with E-state index in [1.165, 1.54) is 5.57 Å². The monoisotopic (exact) mass is 111 g/mol. The van der Waals surface area contributed by atoms with Crippen molar-refractivity contribution in [1.82, 2.24) is 0 Å². The average molecular weight is 111 g/mol. The van der Waals surface area contributed by atoms with Gasteiger partial charge in [-0.15, -0.1) is 0 Å². The molecule has 0 rings (SSSR count). The third kappa shape index (κ3) is 5.28. The van der Waals surface area contributed by atoms with E-state index in [0.717, 1.165) is 5.70 Å². The Morgan fingerprint density at radius 2 is 1.62 bits per heavy atom. The lowest BCUT2D eigenvalue weighted by molar-refractivity contribution is 1.30. The number of nitrogens with two attached hydrogens (primary N) is 1. The van der Waals surface area contributed by atoms with Crippen LogP contribution in [-0.4, -0.2) is 0 Å². The smallest absolute Gasteiger partial charge is 0.00488 e. The maximum Gasteiger partial charge on any atom is 0.00488 e. The van der Waals surface area contributed by atoms with Gasteiger partial charge >= 0.3 is 0 Å². The fourth-order valence-electron chi connectivity index (χ4n) is 0.298. The Kier molecular flexibility index (Phi) is 3.01. The SMILES string of the molecule is CC(C)=C/C=C(/C)N. The molecule has 0 saturated heterocycles.